The van der Waals surface area contributed by atoms with Crippen molar-refractivity contribution in [1.29, 1.82) is 0 Å². The van der Waals surface area contributed by atoms with E-state index in [2.05, 4.69) is 128 Å². The van der Waals surface area contributed by atoms with Crippen molar-refractivity contribution in [1.82, 2.24) is 0 Å². The first-order valence-electron chi connectivity index (χ1n) is 11.0. The van der Waals surface area contributed by atoms with Gasteiger partial charge in [0.25, 0.3) is 0 Å². The first-order valence-corrected chi connectivity index (χ1v) is 14.9. The molecule has 1 nitrogen and oxygen atoms in total. The molecule has 0 heterocycles. The molecule has 1 aliphatic carbocycles. The Morgan fingerprint density at radius 2 is 1.25 bits per heavy atom. The van der Waals surface area contributed by atoms with Gasteiger partial charge in [0, 0.05) is 0 Å². The van der Waals surface area contributed by atoms with Gasteiger partial charge in [-0.25, -0.2) is 0 Å². The molecule has 0 radical (unpaired) electrons. The third-order valence-electron chi connectivity index (χ3n) is 6.16. The summed E-state index contributed by atoms with van der Waals surface area (Å²) >= 11 is 0.319. The van der Waals surface area contributed by atoms with Crippen LogP contribution >= 0.6 is 0 Å². The van der Waals surface area contributed by atoms with Crippen LogP contribution < -0.4 is 14.8 Å². The Balaban J connectivity index is 1.60. The molecule has 0 spiro atoms. The average molecular weight is 498 g/mol. The van der Waals surface area contributed by atoms with E-state index in [1.165, 1.54) is 26.0 Å². The molecular formula is C29H26OSeSi. The first-order chi connectivity index (χ1) is 15.8. The van der Waals surface area contributed by atoms with Gasteiger partial charge in [0.05, 0.1) is 0 Å². The molecule has 0 bridgehead atoms. The van der Waals surface area contributed by atoms with Crippen LogP contribution in [0, 0.1) is 0 Å². The van der Waals surface area contributed by atoms with Gasteiger partial charge in [0.1, 0.15) is 0 Å². The number of fused-ring (bicyclic) bond motifs is 1. The van der Waals surface area contributed by atoms with E-state index in [-0.39, 0.29) is 6.10 Å². The molecule has 0 saturated heterocycles. The minimum atomic E-state index is -2.64. The van der Waals surface area contributed by atoms with Gasteiger partial charge in [-0.2, -0.15) is 0 Å². The predicted octanol–water partition coefficient (Wildman–Crippen LogP) is 4.60. The summed E-state index contributed by atoms with van der Waals surface area (Å²) in [4.78, 5) is 0.460. The van der Waals surface area contributed by atoms with Crippen LogP contribution in [0.25, 0.3) is 0 Å². The van der Waals surface area contributed by atoms with Crippen LogP contribution in [0.15, 0.2) is 128 Å². The molecule has 5 rings (SSSR count). The van der Waals surface area contributed by atoms with Crippen molar-refractivity contribution in [2.45, 2.75) is 17.3 Å². The normalized spacial score (nSPS) is 17.6. The number of hydrogen-bond acceptors (Lipinski definition) is 1. The van der Waals surface area contributed by atoms with Crippen LogP contribution in [0.1, 0.15) is 17.2 Å². The summed E-state index contributed by atoms with van der Waals surface area (Å²) in [6, 6.07) is 41.2. The van der Waals surface area contributed by atoms with Crippen molar-refractivity contribution in [2.24, 2.45) is 0 Å². The van der Waals surface area contributed by atoms with Crippen molar-refractivity contribution >= 4 is 38.1 Å². The topological polar surface area (TPSA) is 9.23 Å². The Kier molecular flexibility index (Phi) is 6.25. The van der Waals surface area contributed by atoms with E-state index in [1.807, 2.05) is 0 Å². The van der Waals surface area contributed by atoms with E-state index < -0.39 is 8.32 Å². The van der Waals surface area contributed by atoms with Gasteiger partial charge in [0.15, 0.2) is 0 Å². The van der Waals surface area contributed by atoms with E-state index in [9.17, 15) is 0 Å². The summed E-state index contributed by atoms with van der Waals surface area (Å²) in [5, 5.41) is 2.49. The zero-order chi connectivity index (χ0) is 21.8. The number of benzene rings is 4. The van der Waals surface area contributed by atoms with E-state index >= 15 is 0 Å². The molecule has 2 atom stereocenters. The molecule has 0 fully saturated rings. The second-order valence-electron chi connectivity index (χ2n) is 8.08. The van der Waals surface area contributed by atoms with Gasteiger partial charge in [-0.1, -0.05) is 0 Å². The van der Waals surface area contributed by atoms with Gasteiger partial charge in [0.2, 0.25) is 0 Å². The summed E-state index contributed by atoms with van der Waals surface area (Å²) in [5.74, 6) is 0. The standard InChI is InChI=1S/C29H26OSeSi/c1-2-32(25-17-8-4-9-18-25,26-19-10-5-11-20-26)30-29-27-21-13-12-14-23(27)22-28(29)31-24-15-6-3-7-16-24/h2-21,28-29H,1,22H2/t28-,29-/m1/s1. The first kappa shape index (κ1) is 21.2. The van der Waals surface area contributed by atoms with Crippen LogP contribution in [-0.4, -0.2) is 23.3 Å². The number of hydrogen-bond donors (Lipinski definition) is 0. The van der Waals surface area contributed by atoms with E-state index in [0.29, 0.717) is 19.8 Å². The molecule has 0 aromatic heterocycles. The van der Waals surface area contributed by atoms with Crippen molar-refractivity contribution in [3.63, 3.8) is 0 Å². The molecule has 0 aliphatic heterocycles. The van der Waals surface area contributed by atoms with Crippen LogP contribution in [-0.2, 0) is 10.8 Å². The quantitative estimate of drug-likeness (QED) is 0.339. The maximum absolute atomic E-state index is 7.37. The zero-order valence-corrected chi connectivity index (χ0v) is 20.6. The van der Waals surface area contributed by atoms with Gasteiger partial charge >= 0.3 is 199 Å². The van der Waals surface area contributed by atoms with Gasteiger partial charge < -0.3 is 0 Å². The van der Waals surface area contributed by atoms with Crippen molar-refractivity contribution < 1.29 is 4.43 Å². The molecule has 1 aliphatic rings. The fraction of sp³-hybridized carbons (Fsp3) is 0.103. The molecule has 0 N–H and O–H groups in total. The predicted molar refractivity (Wildman–Crippen MR) is 138 cm³/mol. The fourth-order valence-electron chi connectivity index (χ4n) is 4.60. The van der Waals surface area contributed by atoms with Crippen LogP contribution in [0.4, 0.5) is 0 Å². The minimum absolute atomic E-state index is 0.0662. The maximum atomic E-state index is 7.37. The molecule has 4 aromatic carbocycles. The molecule has 32 heavy (non-hydrogen) atoms. The van der Waals surface area contributed by atoms with Crippen molar-refractivity contribution in [2.75, 3.05) is 0 Å². The van der Waals surface area contributed by atoms with E-state index in [4.69, 9.17) is 4.43 Å². The fourth-order valence-corrected chi connectivity index (χ4v) is 10.7. The third kappa shape index (κ3) is 4.05. The van der Waals surface area contributed by atoms with Crippen LogP contribution in [0.2, 0.25) is 4.82 Å². The number of rotatable bonds is 7. The average Bonchev–Trinajstić information content (AvgIpc) is 3.20. The summed E-state index contributed by atoms with van der Waals surface area (Å²) in [5.41, 5.74) is 4.89. The van der Waals surface area contributed by atoms with Crippen LogP contribution in [0.3, 0.4) is 0 Å². The second kappa shape index (κ2) is 9.44. The molecule has 0 amide bonds. The van der Waals surface area contributed by atoms with Crippen LogP contribution in [0.5, 0.6) is 0 Å². The Morgan fingerprint density at radius 3 is 1.84 bits per heavy atom. The van der Waals surface area contributed by atoms with E-state index in [0.717, 1.165) is 6.42 Å². The summed E-state index contributed by atoms with van der Waals surface area (Å²) in [6.07, 6.45) is 1.14. The van der Waals surface area contributed by atoms with Crippen molar-refractivity contribution in [3.8, 4) is 0 Å². The second-order valence-corrected chi connectivity index (χ2v) is 14.1. The summed E-state index contributed by atoms with van der Waals surface area (Å²) in [7, 11) is -2.64. The molecule has 4 aromatic rings. The van der Waals surface area contributed by atoms with Gasteiger partial charge in [-0.3, -0.25) is 0 Å². The Morgan fingerprint density at radius 1 is 0.719 bits per heavy atom. The SMILES string of the molecule is C=C[Si](O[C@@H]1c2ccccc2C[C@H]1[Se]c1ccccc1)(c1ccccc1)c1ccccc1. The molecule has 158 valence electrons. The Labute approximate surface area is 198 Å². The van der Waals surface area contributed by atoms with Crippen molar-refractivity contribution in [3.05, 3.63) is 139 Å². The molecular weight excluding hydrogens is 471 g/mol. The zero-order valence-electron chi connectivity index (χ0n) is 17.9. The Bertz CT molecular complexity index is 1140. The van der Waals surface area contributed by atoms with E-state index in [1.54, 1.807) is 0 Å². The monoisotopic (exact) mass is 498 g/mol. The Hall–Kier alpha value is -2.68. The van der Waals surface area contributed by atoms with Gasteiger partial charge in [-0.15, -0.1) is 0 Å². The third-order valence-corrected chi connectivity index (χ3v) is 12.4. The molecule has 3 heteroatoms. The molecule has 0 unspecified atom stereocenters. The van der Waals surface area contributed by atoms with Gasteiger partial charge in [-0.05, 0) is 0 Å². The summed E-state index contributed by atoms with van der Waals surface area (Å²) < 4.78 is 8.80. The summed E-state index contributed by atoms with van der Waals surface area (Å²) in [6.45, 7) is 4.33. The molecule has 0 saturated carbocycles.